The minimum absolute atomic E-state index is 0.199. The molecule has 0 saturated heterocycles. The second-order valence-corrected chi connectivity index (χ2v) is 4.26. The summed E-state index contributed by atoms with van der Waals surface area (Å²) in [5, 5.41) is 0. The van der Waals surface area contributed by atoms with Crippen LogP contribution in [0.5, 0.6) is 11.6 Å². The molecule has 1 aromatic carbocycles. The fourth-order valence-electron chi connectivity index (χ4n) is 1.86. The van der Waals surface area contributed by atoms with Crippen molar-refractivity contribution < 1.29 is 13.9 Å². The molecule has 0 aliphatic carbocycles. The van der Waals surface area contributed by atoms with E-state index >= 15 is 0 Å². The van der Waals surface area contributed by atoms with Crippen molar-refractivity contribution in [3.63, 3.8) is 0 Å². The second-order valence-electron chi connectivity index (χ2n) is 4.26. The molecular weight excluding hydrogens is 261 g/mol. The van der Waals surface area contributed by atoms with Gasteiger partial charge in [-0.05, 0) is 17.7 Å². The topological polar surface area (TPSA) is 70.3 Å². The Morgan fingerprint density at radius 3 is 2.65 bits per heavy atom. The highest BCUT2D eigenvalue weighted by Crippen LogP contribution is 2.22. The molecule has 0 saturated carbocycles. The lowest BCUT2D eigenvalue weighted by Gasteiger charge is -2.13. The summed E-state index contributed by atoms with van der Waals surface area (Å²) in [5.74, 6) is 0.244. The largest absolute Gasteiger partial charge is 0.494 e. The van der Waals surface area contributed by atoms with Gasteiger partial charge in [0.05, 0.1) is 14.2 Å². The third-order valence-electron chi connectivity index (χ3n) is 2.94. The number of hydrogen-bond acceptors (Lipinski definition) is 5. The Balaban J connectivity index is 2.14. The SMILES string of the molecule is COc1cc(CC(N)c2ccc(OC)c(F)c2)ncn1. The van der Waals surface area contributed by atoms with Crippen LogP contribution in [0.2, 0.25) is 0 Å². The molecule has 1 unspecified atom stereocenters. The Hall–Kier alpha value is -2.21. The van der Waals surface area contributed by atoms with Crippen LogP contribution in [0, 0.1) is 5.82 Å². The van der Waals surface area contributed by atoms with Gasteiger partial charge in [0.15, 0.2) is 11.6 Å². The first kappa shape index (κ1) is 14.2. The molecule has 0 spiro atoms. The van der Waals surface area contributed by atoms with Crippen molar-refractivity contribution in [3.8, 4) is 11.6 Å². The van der Waals surface area contributed by atoms with Crippen molar-refractivity contribution in [1.29, 1.82) is 0 Å². The van der Waals surface area contributed by atoms with E-state index in [4.69, 9.17) is 15.2 Å². The van der Waals surface area contributed by atoms with Crippen LogP contribution in [0.15, 0.2) is 30.6 Å². The molecule has 0 fully saturated rings. The van der Waals surface area contributed by atoms with Gasteiger partial charge in [0, 0.05) is 24.2 Å². The van der Waals surface area contributed by atoms with Gasteiger partial charge in [-0.2, -0.15) is 0 Å². The van der Waals surface area contributed by atoms with Crippen LogP contribution in [0.1, 0.15) is 17.3 Å². The summed E-state index contributed by atoms with van der Waals surface area (Å²) in [6.45, 7) is 0. The van der Waals surface area contributed by atoms with Gasteiger partial charge in [-0.15, -0.1) is 0 Å². The minimum Gasteiger partial charge on any atom is -0.494 e. The molecule has 6 heteroatoms. The molecule has 1 aromatic heterocycles. The highest BCUT2D eigenvalue weighted by atomic mass is 19.1. The summed E-state index contributed by atoms with van der Waals surface area (Å²) in [5.41, 5.74) is 7.49. The van der Waals surface area contributed by atoms with Crippen LogP contribution >= 0.6 is 0 Å². The van der Waals surface area contributed by atoms with Gasteiger partial charge >= 0.3 is 0 Å². The number of nitrogens with zero attached hydrogens (tertiary/aromatic N) is 2. The molecule has 0 aliphatic rings. The van der Waals surface area contributed by atoms with Crippen LogP contribution in [0.25, 0.3) is 0 Å². The minimum atomic E-state index is -0.430. The van der Waals surface area contributed by atoms with Crippen molar-refractivity contribution in [1.82, 2.24) is 9.97 Å². The number of methoxy groups -OCH3 is 2. The number of nitrogens with two attached hydrogens (primary N) is 1. The van der Waals surface area contributed by atoms with E-state index in [1.165, 1.54) is 26.6 Å². The van der Waals surface area contributed by atoms with Crippen molar-refractivity contribution in [2.75, 3.05) is 14.2 Å². The number of halogens is 1. The van der Waals surface area contributed by atoms with Gasteiger partial charge < -0.3 is 15.2 Å². The zero-order valence-electron chi connectivity index (χ0n) is 11.3. The first-order valence-electron chi connectivity index (χ1n) is 6.08. The summed E-state index contributed by atoms with van der Waals surface area (Å²) in [6, 6.07) is 6.02. The van der Waals surface area contributed by atoms with Gasteiger partial charge in [-0.1, -0.05) is 6.07 Å². The Labute approximate surface area is 116 Å². The van der Waals surface area contributed by atoms with Crippen molar-refractivity contribution in [2.24, 2.45) is 5.73 Å². The molecule has 0 radical (unpaired) electrons. The number of aromatic nitrogens is 2. The van der Waals surface area contributed by atoms with Crippen LogP contribution in [0.4, 0.5) is 4.39 Å². The molecule has 5 nitrogen and oxygen atoms in total. The number of benzene rings is 1. The molecule has 106 valence electrons. The van der Waals surface area contributed by atoms with Crippen LogP contribution in [0.3, 0.4) is 0 Å². The Kier molecular flexibility index (Phi) is 4.47. The van der Waals surface area contributed by atoms with Crippen LogP contribution in [-0.2, 0) is 6.42 Å². The molecular formula is C14H16FN3O2. The van der Waals surface area contributed by atoms with Crippen LogP contribution < -0.4 is 15.2 Å². The van der Waals surface area contributed by atoms with Gasteiger partial charge in [0.25, 0.3) is 0 Å². The Morgan fingerprint density at radius 2 is 2.00 bits per heavy atom. The van der Waals surface area contributed by atoms with E-state index < -0.39 is 5.82 Å². The summed E-state index contributed by atoms with van der Waals surface area (Å²) in [4.78, 5) is 8.04. The number of rotatable bonds is 5. The Morgan fingerprint density at radius 1 is 1.20 bits per heavy atom. The molecule has 2 N–H and O–H groups in total. The maximum atomic E-state index is 13.6. The molecule has 0 aliphatic heterocycles. The fraction of sp³-hybridized carbons (Fsp3) is 0.286. The Bertz CT molecular complexity index is 592. The number of ether oxygens (including phenoxy) is 2. The smallest absolute Gasteiger partial charge is 0.216 e. The standard InChI is InChI=1S/C14H16FN3O2/c1-19-13-4-3-9(5-11(13)15)12(16)6-10-7-14(20-2)18-8-17-10/h3-5,7-8,12H,6,16H2,1-2H3. The first-order valence-corrected chi connectivity index (χ1v) is 6.08. The zero-order valence-corrected chi connectivity index (χ0v) is 11.3. The predicted octanol–water partition coefficient (Wildman–Crippen LogP) is 1.88. The normalized spacial score (nSPS) is 12.0. The molecule has 2 rings (SSSR count). The maximum Gasteiger partial charge on any atom is 0.216 e. The van der Waals surface area contributed by atoms with Crippen molar-refractivity contribution in [3.05, 3.63) is 47.7 Å². The zero-order chi connectivity index (χ0) is 14.5. The first-order chi connectivity index (χ1) is 9.63. The molecule has 1 heterocycles. The third-order valence-corrected chi connectivity index (χ3v) is 2.94. The number of hydrogen-bond donors (Lipinski definition) is 1. The van der Waals surface area contributed by atoms with Gasteiger partial charge in [-0.25, -0.2) is 14.4 Å². The molecule has 20 heavy (non-hydrogen) atoms. The third kappa shape index (κ3) is 3.21. The summed E-state index contributed by atoms with van der Waals surface area (Å²) < 4.78 is 23.5. The summed E-state index contributed by atoms with van der Waals surface area (Å²) in [7, 11) is 2.95. The van der Waals surface area contributed by atoms with Gasteiger partial charge in [0.1, 0.15) is 6.33 Å². The fourth-order valence-corrected chi connectivity index (χ4v) is 1.86. The summed E-state index contributed by atoms with van der Waals surface area (Å²) >= 11 is 0. The van der Waals surface area contributed by atoms with Crippen molar-refractivity contribution in [2.45, 2.75) is 12.5 Å². The van der Waals surface area contributed by atoms with Gasteiger partial charge in [-0.3, -0.25) is 0 Å². The van der Waals surface area contributed by atoms with E-state index in [1.807, 2.05) is 0 Å². The maximum absolute atomic E-state index is 13.6. The molecule has 2 aromatic rings. The lowest BCUT2D eigenvalue weighted by Crippen LogP contribution is -2.14. The van der Waals surface area contributed by atoms with Crippen LogP contribution in [-0.4, -0.2) is 24.2 Å². The average Bonchev–Trinajstić information content (AvgIpc) is 2.47. The van der Waals surface area contributed by atoms with E-state index in [0.717, 1.165) is 5.69 Å². The highest BCUT2D eigenvalue weighted by Gasteiger charge is 2.12. The van der Waals surface area contributed by atoms with E-state index in [9.17, 15) is 4.39 Å². The molecule has 0 amide bonds. The second kappa shape index (κ2) is 6.29. The monoisotopic (exact) mass is 277 g/mol. The average molecular weight is 277 g/mol. The quantitative estimate of drug-likeness (QED) is 0.903. The highest BCUT2D eigenvalue weighted by molar-refractivity contribution is 5.31. The van der Waals surface area contributed by atoms with Gasteiger partial charge in [0.2, 0.25) is 5.88 Å². The lowest BCUT2D eigenvalue weighted by molar-refractivity contribution is 0.386. The predicted molar refractivity (Wildman–Crippen MR) is 72.2 cm³/mol. The lowest BCUT2D eigenvalue weighted by atomic mass is 10.0. The van der Waals surface area contributed by atoms with E-state index in [2.05, 4.69) is 9.97 Å². The molecule has 0 bridgehead atoms. The van der Waals surface area contributed by atoms with E-state index in [1.54, 1.807) is 18.2 Å². The van der Waals surface area contributed by atoms with E-state index in [0.29, 0.717) is 17.9 Å². The molecule has 1 atom stereocenters. The summed E-state index contributed by atoms with van der Waals surface area (Å²) in [6.07, 6.45) is 1.88. The van der Waals surface area contributed by atoms with Crippen molar-refractivity contribution >= 4 is 0 Å². The van der Waals surface area contributed by atoms with E-state index in [-0.39, 0.29) is 11.8 Å².